The van der Waals surface area contributed by atoms with Crippen LogP contribution < -0.4 is 4.90 Å². The number of amides is 3. The predicted octanol–water partition coefficient (Wildman–Crippen LogP) is 3.68. The molecule has 6 atom stereocenters. The first-order chi connectivity index (χ1) is 18.6. The van der Waals surface area contributed by atoms with Gasteiger partial charge in [-0.25, -0.2) is 0 Å². The Balaban J connectivity index is 1.84. The Bertz CT molecular complexity index is 1140. The molecule has 3 fully saturated rings. The summed E-state index contributed by atoms with van der Waals surface area (Å²) < 4.78 is 6.83. The van der Waals surface area contributed by atoms with E-state index in [4.69, 9.17) is 16.3 Å². The molecule has 0 aromatic heterocycles. The number of hydrogen-bond acceptors (Lipinski definition) is 5. The van der Waals surface area contributed by atoms with Crippen molar-refractivity contribution in [1.82, 2.24) is 9.80 Å². The maximum absolute atomic E-state index is 14.5. The van der Waals surface area contributed by atoms with E-state index >= 15 is 0 Å². The molecule has 3 aliphatic heterocycles. The third-order valence-electron chi connectivity index (χ3n) is 8.75. The minimum atomic E-state index is -1.18. The topological polar surface area (TPSA) is 90.4 Å². The van der Waals surface area contributed by atoms with E-state index in [1.165, 1.54) is 9.80 Å². The quantitative estimate of drug-likeness (QED) is 0.396. The van der Waals surface area contributed by atoms with Crippen LogP contribution in [0.15, 0.2) is 49.6 Å². The number of halogens is 1. The number of aliphatic hydroxyl groups is 1. The average Bonchev–Trinajstić information content (AvgIpc) is 3.42. The molecule has 1 aromatic carbocycles. The van der Waals surface area contributed by atoms with Crippen LogP contribution in [0.25, 0.3) is 0 Å². The molecule has 3 amide bonds. The first-order valence-corrected chi connectivity index (χ1v) is 14.2. The summed E-state index contributed by atoms with van der Waals surface area (Å²) in [6.07, 6.45) is 4.84. The number of benzene rings is 1. The van der Waals surface area contributed by atoms with Crippen LogP contribution in [0.5, 0.6) is 0 Å². The van der Waals surface area contributed by atoms with Crippen LogP contribution in [-0.2, 0) is 19.1 Å². The Morgan fingerprint density at radius 2 is 1.92 bits per heavy atom. The normalized spacial score (nSPS) is 30.8. The molecule has 39 heavy (non-hydrogen) atoms. The number of fused-ring (bicyclic) bond motifs is 1. The van der Waals surface area contributed by atoms with Crippen molar-refractivity contribution in [3.63, 3.8) is 0 Å². The van der Waals surface area contributed by atoms with Crippen LogP contribution in [0.1, 0.15) is 40.0 Å². The Kier molecular flexibility index (Phi) is 8.59. The first-order valence-electron chi connectivity index (χ1n) is 13.8. The summed E-state index contributed by atoms with van der Waals surface area (Å²) >= 11 is 6.52. The second kappa shape index (κ2) is 11.4. The number of ether oxygens (including phenoxy) is 1. The van der Waals surface area contributed by atoms with Gasteiger partial charge in [0.25, 0.3) is 5.91 Å². The van der Waals surface area contributed by atoms with Crippen molar-refractivity contribution in [1.29, 1.82) is 0 Å². The molecule has 212 valence electrons. The molecule has 1 aromatic rings. The number of aliphatic hydroxyl groups excluding tert-OH is 1. The van der Waals surface area contributed by atoms with Gasteiger partial charge in [-0.2, -0.15) is 0 Å². The van der Waals surface area contributed by atoms with Gasteiger partial charge in [0.15, 0.2) is 0 Å². The Labute approximate surface area is 236 Å². The fraction of sp³-hybridized carbons (Fsp3) is 0.567. The summed E-state index contributed by atoms with van der Waals surface area (Å²) in [5, 5.41) is 10.0. The molecule has 8 nitrogen and oxygen atoms in total. The highest BCUT2D eigenvalue weighted by Crippen LogP contribution is 2.65. The van der Waals surface area contributed by atoms with E-state index in [1.54, 1.807) is 41.3 Å². The number of anilines is 1. The second-order valence-electron chi connectivity index (χ2n) is 11.1. The van der Waals surface area contributed by atoms with Gasteiger partial charge in [-0.3, -0.25) is 14.4 Å². The summed E-state index contributed by atoms with van der Waals surface area (Å²) in [5.74, 6) is -2.36. The van der Waals surface area contributed by atoms with E-state index in [9.17, 15) is 19.5 Å². The van der Waals surface area contributed by atoms with Gasteiger partial charge in [0, 0.05) is 32.8 Å². The lowest BCUT2D eigenvalue weighted by Crippen LogP contribution is -2.57. The molecule has 3 saturated heterocycles. The van der Waals surface area contributed by atoms with E-state index in [1.807, 2.05) is 20.8 Å². The Hall–Kier alpha value is -2.68. The minimum absolute atomic E-state index is 0.0658. The van der Waals surface area contributed by atoms with E-state index in [0.717, 1.165) is 6.42 Å². The van der Waals surface area contributed by atoms with E-state index in [-0.39, 0.29) is 43.3 Å². The van der Waals surface area contributed by atoms with Gasteiger partial charge in [0.05, 0.1) is 28.1 Å². The van der Waals surface area contributed by atoms with Gasteiger partial charge >= 0.3 is 0 Å². The molecule has 1 spiro atoms. The van der Waals surface area contributed by atoms with E-state index in [2.05, 4.69) is 13.2 Å². The van der Waals surface area contributed by atoms with Crippen molar-refractivity contribution in [2.45, 2.75) is 57.3 Å². The third-order valence-corrected chi connectivity index (χ3v) is 9.07. The fourth-order valence-corrected chi connectivity index (χ4v) is 7.28. The number of carbonyl (C=O) groups is 3. The van der Waals surface area contributed by atoms with E-state index < -0.39 is 29.1 Å². The second-order valence-corrected chi connectivity index (χ2v) is 11.5. The van der Waals surface area contributed by atoms with Gasteiger partial charge in [0.2, 0.25) is 11.8 Å². The molecule has 0 aliphatic carbocycles. The summed E-state index contributed by atoms with van der Waals surface area (Å²) in [4.78, 5) is 47.7. The first kappa shape index (κ1) is 29.3. The van der Waals surface area contributed by atoms with Gasteiger partial charge in [-0.1, -0.05) is 49.7 Å². The smallest absolute Gasteiger partial charge is 0.253 e. The van der Waals surface area contributed by atoms with Crippen molar-refractivity contribution < 1.29 is 24.2 Å². The maximum Gasteiger partial charge on any atom is 0.253 e. The zero-order valence-electron chi connectivity index (χ0n) is 23.1. The van der Waals surface area contributed by atoms with Crippen molar-refractivity contribution in [3.8, 4) is 0 Å². The van der Waals surface area contributed by atoms with Crippen LogP contribution in [0, 0.1) is 17.8 Å². The molecular formula is C30H40ClN3O5. The monoisotopic (exact) mass is 557 g/mol. The molecule has 9 heteroatoms. The van der Waals surface area contributed by atoms with Crippen molar-refractivity contribution in [2.75, 3.05) is 37.7 Å². The lowest BCUT2D eigenvalue weighted by molar-refractivity contribution is -0.151. The summed E-state index contributed by atoms with van der Waals surface area (Å²) in [7, 11) is 0. The predicted molar refractivity (Wildman–Crippen MR) is 151 cm³/mol. The molecule has 3 heterocycles. The number of nitrogens with zero attached hydrogens (tertiary/aromatic N) is 3. The molecular weight excluding hydrogens is 518 g/mol. The van der Waals surface area contributed by atoms with Gasteiger partial charge < -0.3 is 24.5 Å². The van der Waals surface area contributed by atoms with Gasteiger partial charge in [0.1, 0.15) is 11.6 Å². The molecule has 0 radical (unpaired) electrons. The number of rotatable bonds is 12. The highest BCUT2D eigenvalue weighted by Gasteiger charge is 2.80. The largest absolute Gasteiger partial charge is 0.396 e. The zero-order valence-corrected chi connectivity index (χ0v) is 23.9. The van der Waals surface area contributed by atoms with Gasteiger partial charge in [-0.05, 0) is 44.2 Å². The summed E-state index contributed by atoms with van der Waals surface area (Å²) in [6, 6.07) is 6.08. The summed E-state index contributed by atoms with van der Waals surface area (Å²) in [5.41, 5.74) is -1.57. The molecule has 3 unspecified atom stereocenters. The molecule has 4 rings (SSSR count). The van der Waals surface area contributed by atoms with Crippen molar-refractivity contribution >= 4 is 35.0 Å². The van der Waals surface area contributed by atoms with Crippen LogP contribution >= 0.6 is 11.6 Å². The zero-order chi connectivity index (χ0) is 28.5. The molecule has 1 N–H and O–H groups in total. The number of carbonyl (C=O) groups excluding carboxylic acids is 3. The maximum atomic E-state index is 14.5. The van der Waals surface area contributed by atoms with Crippen LogP contribution in [0.3, 0.4) is 0 Å². The van der Waals surface area contributed by atoms with Gasteiger partial charge in [-0.15, -0.1) is 13.2 Å². The standard InChI is InChI=1S/C30H40ClN3O5/c1-6-14-32(15-7-2)26(36)23-24-27(37)34(17-11-18-35)25(30(24)19-20(4)29(23,5)39-30)28(38)33(16-8-3)22-13-10-9-12-21(22)31/h6,8-10,12-13,20,23-25,35H,1,3,7,11,14-19H2,2,4-5H3/t20?,23-,24+,25?,29+,30?/m1/s1. The minimum Gasteiger partial charge on any atom is -0.396 e. The Morgan fingerprint density at radius 1 is 1.23 bits per heavy atom. The molecule has 0 saturated carbocycles. The van der Waals surface area contributed by atoms with Crippen LogP contribution in [0.4, 0.5) is 5.69 Å². The third kappa shape index (κ3) is 4.60. The van der Waals surface area contributed by atoms with Crippen LogP contribution in [0.2, 0.25) is 5.02 Å². The Morgan fingerprint density at radius 3 is 2.54 bits per heavy atom. The average molecular weight is 558 g/mol. The van der Waals surface area contributed by atoms with Crippen LogP contribution in [-0.4, -0.2) is 82.7 Å². The molecule has 2 bridgehead atoms. The lowest BCUT2D eigenvalue weighted by Gasteiger charge is -2.39. The highest BCUT2D eigenvalue weighted by atomic mass is 35.5. The van der Waals surface area contributed by atoms with Crippen molar-refractivity contribution in [3.05, 3.63) is 54.6 Å². The lowest BCUT2D eigenvalue weighted by atomic mass is 9.62. The number of hydrogen-bond donors (Lipinski definition) is 1. The number of likely N-dealkylation sites (tertiary alicyclic amines) is 1. The molecule has 3 aliphatic rings. The van der Waals surface area contributed by atoms with E-state index in [0.29, 0.717) is 36.6 Å². The fourth-order valence-electron chi connectivity index (χ4n) is 7.04. The summed E-state index contributed by atoms with van der Waals surface area (Å²) in [6.45, 7) is 14.7. The SMILES string of the molecule is C=CCN(CCC)C(=O)[C@H]1[C@H]2C(=O)N(CCCO)C(C(=O)N(CC=C)c3ccccc3Cl)C23CC(C)[C@]1(C)O3. The highest BCUT2D eigenvalue weighted by molar-refractivity contribution is 6.34. The van der Waals surface area contributed by atoms with Crippen molar-refractivity contribution in [2.24, 2.45) is 17.8 Å². The number of para-hydroxylation sites is 1.